The van der Waals surface area contributed by atoms with E-state index in [9.17, 15) is 4.39 Å². The maximum atomic E-state index is 13.7. The first-order valence-electron chi connectivity index (χ1n) is 6.21. The number of benzene rings is 1. The van der Waals surface area contributed by atoms with Gasteiger partial charge in [0.05, 0.1) is 0 Å². The molecule has 0 bridgehead atoms. The van der Waals surface area contributed by atoms with Crippen LogP contribution in [-0.4, -0.2) is 0 Å². The summed E-state index contributed by atoms with van der Waals surface area (Å²) in [5, 5.41) is 0.526. The van der Waals surface area contributed by atoms with E-state index in [-0.39, 0.29) is 11.9 Å². The van der Waals surface area contributed by atoms with Gasteiger partial charge in [0.1, 0.15) is 5.82 Å². The molecule has 1 aromatic rings. The van der Waals surface area contributed by atoms with Gasteiger partial charge in [-0.25, -0.2) is 4.39 Å². The third-order valence-electron chi connectivity index (χ3n) is 2.94. The van der Waals surface area contributed by atoms with Gasteiger partial charge in [-0.15, -0.1) is 6.58 Å². The Balaban J connectivity index is 2.54. The first-order chi connectivity index (χ1) is 8.69. The molecule has 0 aliphatic carbocycles. The van der Waals surface area contributed by atoms with Crippen LogP contribution in [0.1, 0.15) is 43.7 Å². The molecule has 0 aliphatic heterocycles. The lowest BCUT2D eigenvalue weighted by atomic mass is 10.00. The van der Waals surface area contributed by atoms with Gasteiger partial charge in [0, 0.05) is 16.6 Å². The average molecular weight is 271 g/mol. The summed E-state index contributed by atoms with van der Waals surface area (Å²) in [6.07, 6.45) is 6.92. The summed E-state index contributed by atoms with van der Waals surface area (Å²) >= 11 is 5.87. The Bertz CT molecular complexity index is 382. The van der Waals surface area contributed by atoms with Crippen LogP contribution in [-0.2, 0) is 0 Å². The monoisotopic (exact) mass is 270 g/mol. The number of hydrazine groups is 1. The van der Waals surface area contributed by atoms with Crippen molar-refractivity contribution >= 4 is 11.6 Å². The van der Waals surface area contributed by atoms with E-state index >= 15 is 0 Å². The molecule has 1 aromatic carbocycles. The van der Waals surface area contributed by atoms with Gasteiger partial charge in [0.15, 0.2) is 0 Å². The Kier molecular flexibility index (Phi) is 6.94. The van der Waals surface area contributed by atoms with Gasteiger partial charge in [-0.05, 0) is 37.5 Å². The molecule has 4 heteroatoms. The highest BCUT2D eigenvalue weighted by atomic mass is 35.5. The van der Waals surface area contributed by atoms with Crippen molar-refractivity contribution < 1.29 is 4.39 Å². The van der Waals surface area contributed by atoms with Crippen LogP contribution in [0, 0.1) is 5.82 Å². The molecule has 18 heavy (non-hydrogen) atoms. The molecule has 1 unspecified atom stereocenters. The molecule has 0 aliphatic rings. The van der Waals surface area contributed by atoms with Gasteiger partial charge in [0.25, 0.3) is 0 Å². The molecule has 0 fully saturated rings. The van der Waals surface area contributed by atoms with E-state index in [2.05, 4.69) is 12.0 Å². The van der Waals surface area contributed by atoms with Crippen molar-refractivity contribution in [1.82, 2.24) is 5.43 Å². The Hall–Kier alpha value is -0.900. The molecular weight excluding hydrogens is 251 g/mol. The lowest BCUT2D eigenvalue weighted by Crippen LogP contribution is -2.28. The fourth-order valence-electron chi connectivity index (χ4n) is 1.92. The van der Waals surface area contributed by atoms with Crippen molar-refractivity contribution in [2.75, 3.05) is 0 Å². The quantitative estimate of drug-likeness (QED) is 0.323. The first-order valence-corrected chi connectivity index (χ1v) is 6.58. The number of halogens is 2. The van der Waals surface area contributed by atoms with E-state index in [0.29, 0.717) is 10.6 Å². The zero-order chi connectivity index (χ0) is 13.4. The van der Waals surface area contributed by atoms with Gasteiger partial charge < -0.3 is 0 Å². The Morgan fingerprint density at radius 1 is 1.39 bits per heavy atom. The van der Waals surface area contributed by atoms with Gasteiger partial charge >= 0.3 is 0 Å². The van der Waals surface area contributed by atoms with Crippen molar-refractivity contribution in [2.45, 2.75) is 38.1 Å². The molecular formula is C14H20ClFN2. The lowest BCUT2D eigenvalue weighted by molar-refractivity contribution is 0.462. The predicted octanol–water partition coefficient (Wildman–Crippen LogP) is 4.12. The second kappa shape index (κ2) is 8.25. The molecule has 1 atom stereocenters. The van der Waals surface area contributed by atoms with Crippen LogP contribution in [0.25, 0.3) is 0 Å². The molecule has 0 aromatic heterocycles. The summed E-state index contributed by atoms with van der Waals surface area (Å²) in [5.41, 5.74) is 3.19. The summed E-state index contributed by atoms with van der Waals surface area (Å²) in [4.78, 5) is 0. The molecule has 0 saturated heterocycles. The van der Waals surface area contributed by atoms with Crippen LogP contribution in [0.15, 0.2) is 30.9 Å². The van der Waals surface area contributed by atoms with Crippen molar-refractivity contribution in [3.63, 3.8) is 0 Å². The second-order valence-electron chi connectivity index (χ2n) is 4.31. The summed E-state index contributed by atoms with van der Waals surface area (Å²) < 4.78 is 13.7. The van der Waals surface area contributed by atoms with Crippen molar-refractivity contribution in [3.05, 3.63) is 47.3 Å². The Labute approximate surface area is 113 Å². The number of hydrogen-bond donors (Lipinski definition) is 2. The zero-order valence-electron chi connectivity index (χ0n) is 10.5. The summed E-state index contributed by atoms with van der Waals surface area (Å²) in [6.45, 7) is 3.68. The fourth-order valence-corrected chi connectivity index (χ4v) is 2.10. The second-order valence-corrected chi connectivity index (χ2v) is 4.75. The largest absolute Gasteiger partial charge is 0.271 e. The van der Waals surface area contributed by atoms with Crippen molar-refractivity contribution in [1.29, 1.82) is 0 Å². The number of hydrogen-bond acceptors (Lipinski definition) is 2. The maximum absolute atomic E-state index is 13.7. The summed E-state index contributed by atoms with van der Waals surface area (Å²) in [6, 6.07) is 4.36. The van der Waals surface area contributed by atoms with E-state index in [1.807, 2.05) is 6.08 Å². The Morgan fingerprint density at radius 3 is 2.83 bits per heavy atom. The smallest absolute Gasteiger partial charge is 0.128 e. The average Bonchev–Trinajstić information content (AvgIpc) is 2.37. The van der Waals surface area contributed by atoms with Gasteiger partial charge in [-0.2, -0.15) is 0 Å². The number of rotatable bonds is 8. The Morgan fingerprint density at radius 2 is 2.17 bits per heavy atom. The van der Waals surface area contributed by atoms with Crippen molar-refractivity contribution in [2.24, 2.45) is 5.84 Å². The fraction of sp³-hybridized carbons (Fsp3) is 0.429. The number of unbranched alkanes of at least 4 members (excludes halogenated alkanes) is 3. The van der Waals surface area contributed by atoms with Crippen LogP contribution < -0.4 is 11.3 Å². The molecule has 0 heterocycles. The van der Waals surface area contributed by atoms with Crippen molar-refractivity contribution in [3.8, 4) is 0 Å². The molecule has 100 valence electrons. The molecule has 2 nitrogen and oxygen atoms in total. The first kappa shape index (κ1) is 15.2. The highest BCUT2D eigenvalue weighted by molar-refractivity contribution is 6.30. The minimum atomic E-state index is -0.270. The van der Waals surface area contributed by atoms with Crippen LogP contribution in [0.5, 0.6) is 0 Å². The van der Waals surface area contributed by atoms with Crippen LogP contribution in [0.3, 0.4) is 0 Å². The maximum Gasteiger partial charge on any atom is 0.128 e. The van der Waals surface area contributed by atoms with E-state index in [1.165, 1.54) is 12.1 Å². The summed E-state index contributed by atoms with van der Waals surface area (Å²) in [5.74, 6) is 5.22. The highest BCUT2D eigenvalue weighted by Crippen LogP contribution is 2.25. The van der Waals surface area contributed by atoms with Crippen LogP contribution in [0.2, 0.25) is 5.02 Å². The molecule has 0 radical (unpaired) electrons. The molecule has 0 amide bonds. The minimum absolute atomic E-state index is 0.188. The third kappa shape index (κ3) is 4.77. The molecule has 0 saturated carbocycles. The third-order valence-corrected chi connectivity index (χ3v) is 3.17. The normalized spacial score (nSPS) is 12.4. The minimum Gasteiger partial charge on any atom is -0.271 e. The van der Waals surface area contributed by atoms with Gasteiger partial charge in [-0.3, -0.25) is 11.3 Å². The topological polar surface area (TPSA) is 38.0 Å². The molecule has 0 spiro atoms. The van der Waals surface area contributed by atoms with Crippen LogP contribution >= 0.6 is 11.6 Å². The molecule has 3 N–H and O–H groups in total. The highest BCUT2D eigenvalue weighted by Gasteiger charge is 2.14. The summed E-state index contributed by atoms with van der Waals surface area (Å²) in [7, 11) is 0. The van der Waals surface area contributed by atoms with Gasteiger partial charge in [-0.1, -0.05) is 30.5 Å². The van der Waals surface area contributed by atoms with E-state index in [0.717, 1.165) is 32.1 Å². The van der Waals surface area contributed by atoms with E-state index in [1.54, 1.807) is 6.07 Å². The SMILES string of the molecule is C=CCCCCCC(NN)c1cc(Cl)ccc1F. The van der Waals surface area contributed by atoms with E-state index < -0.39 is 0 Å². The molecule has 1 rings (SSSR count). The number of nitrogens with two attached hydrogens (primary N) is 1. The van der Waals surface area contributed by atoms with Gasteiger partial charge in [0.2, 0.25) is 0 Å². The standard InChI is InChI=1S/C14H20ClFN2/c1-2-3-4-5-6-7-14(18-17)12-10-11(15)8-9-13(12)16/h2,8-10,14,18H,1,3-7,17H2. The zero-order valence-corrected chi connectivity index (χ0v) is 11.2. The number of nitrogens with one attached hydrogen (secondary N) is 1. The predicted molar refractivity (Wildman–Crippen MR) is 74.8 cm³/mol. The van der Waals surface area contributed by atoms with Crippen LogP contribution in [0.4, 0.5) is 4.39 Å². The lowest BCUT2D eigenvalue weighted by Gasteiger charge is -2.17. The van der Waals surface area contributed by atoms with E-state index in [4.69, 9.17) is 17.4 Å². The number of allylic oxidation sites excluding steroid dienone is 1.